The van der Waals surface area contributed by atoms with Gasteiger partial charge in [-0.15, -0.1) is 0 Å². The Hall–Kier alpha value is -2.07. The van der Waals surface area contributed by atoms with Gasteiger partial charge in [-0.05, 0) is 60.7 Å². The molecule has 0 unspecified atom stereocenters. The van der Waals surface area contributed by atoms with Crippen LogP contribution >= 0.6 is 0 Å². The number of benzene rings is 1. The van der Waals surface area contributed by atoms with E-state index < -0.39 is 0 Å². The number of aromatic hydroxyl groups is 1. The molecule has 0 saturated heterocycles. The van der Waals surface area contributed by atoms with E-state index in [-0.39, 0.29) is 12.7 Å². The van der Waals surface area contributed by atoms with Crippen LogP contribution in [0.4, 0.5) is 0 Å². The van der Waals surface area contributed by atoms with Gasteiger partial charge in [-0.3, -0.25) is 4.98 Å². The van der Waals surface area contributed by atoms with E-state index in [2.05, 4.69) is 13.8 Å². The van der Waals surface area contributed by atoms with Crippen molar-refractivity contribution >= 4 is 0 Å². The molecule has 0 radical (unpaired) electrons. The number of rotatable bonds is 6. The number of hydrogen-bond acceptors (Lipinski definition) is 4. The van der Waals surface area contributed by atoms with Gasteiger partial charge in [0.1, 0.15) is 11.5 Å². The SMILES string of the molecule is COCOc1ccc(Cc2c(C)cc(O)cc2C)nc1C(C)C. The first-order chi connectivity index (χ1) is 10.9. The molecule has 0 bridgehead atoms. The molecule has 0 fully saturated rings. The van der Waals surface area contributed by atoms with Crippen molar-refractivity contribution < 1.29 is 14.6 Å². The molecule has 0 spiro atoms. The van der Waals surface area contributed by atoms with Crippen molar-refractivity contribution in [1.29, 1.82) is 0 Å². The number of aryl methyl sites for hydroxylation is 2. The maximum Gasteiger partial charge on any atom is 0.188 e. The summed E-state index contributed by atoms with van der Waals surface area (Å²) in [7, 11) is 1.60. The summed E-state index contributed by atoms with van der Waals surface area (Å²) >= 11 is 0. The van der Waals surface area contributed by atoms with E-state index in [1.54, 1.807) is 19.2 Å². The third kappa shape index (κ3) is 4.23. The Morgan fingerprint density at radius 2 is 1.78 bits per heavy atom. The molecular weight excluding hydrogens is 290 g/mol. The number of phenolic OH excluding ortho intramolecular Hbond substituents is 1. The van der Waals surface area contributed by atoms with Gasteiger partial charge in [0.2, 0.25) is 0 Å². The third-order valence-electron chi connectivity index (χ3n) is 3.86. The third-order valence-corrected chi connectivity index (χ3v) is 3.86. The summed E-state index contributed by atoms with van der Waals surface area (Å²) in [6, 6.07) is 7.54. The Morgan fingerprint density at radius 1 is 1.13 bits per heavy atom. The predicted octanol–water partition coefficient (Wildman–Crippen LogP) is 4.10. The number of nitrogens with zero attached hydrogens (tertiary/aromatic N) is 1. The largest absolute Gasteiger partial charge is 0.508 e. The van der Waals surface area contributed by atoms with Crippen LogP contribution in [0.15, 0.2) is 24.3 Å². The highest BCUT2D eigenvalue weighted by Gasteiger charge is 2.13. The standard InChI is InChI=1S/C19H25NO3/c1-12(2)19-18(23-11-22-5)7-6-15(20-19)10-17-13(3)8-16(21)9-14(17)4/h6-9,12,21H,10-11H2,1-5H3. The molecule has 23 heavy (non-hydrogen) atoms. The Morgan fingerprint density at radius 3 is 2.35 bits per heavy atom. The molecule has 0 saturated carbocycles. The molecule has 1 heterocycles. The fraction of sp³-hybridized carbons (Fsp3) is 0.421. The highest BCUT2D eigenvalue weighted by molar-refractivity contribution is 5.43. The van der Waals surface area contributed by atoms with Crippen molar-refractivity contribution in [2.45, 2.75) is 40.0 Å². The van der Waals surface area contributed by atoms with Crippen LogP contribution in [-0.2, 0) is 11.2 Å². The molecule has 2 aromatic rings. The van der Waals surface area contributed by atoms with Crippen molar-refractivity contribution in [1.82, 2.24) is 4.98 Å². The molecule has 4 nitrogen and oxygen atoms in total. The number of aromatic nitrogens is 1. The number of hydrogen-bond donors (Lipinski definition) is 1. The second-order valence-electron chi connectivity index (χ2n) is 6.13. The van der Waals surface area contributed by atoms with Crippen molar-refractivity contribution in [3.05, 3.63) is 52.3 Å². The zero-order valence-corrected chi connectivity index (χ0v) is 14.5. The summed E-state index contributed by atoms with van der Waals surface area (Å²) in [4.78, 5) is 4.78. The van der Waals surface area contributed by atoms with Crippen LogP contribution < -0.4 is 4.74 Å². The average molecular weight is 315 g/mol. The molecule has 4 heteroatoms. The summed E-state index contributed by atoms with van der Waals surface area (Å²) in [6.45, 7) is 8.45. The normalized spacial score (nSPS) is 11.0. The van der Waals surface area contributed by atoms with Gasteiger partial charge in [-0.1, -0.05) is 13.8 Å². The van der Waals surface area contributed by atoms with Crippen LogP contribution in [0.5, 0.6) is 11.5 Å². The zero-order valence-electron chi connectivity index (χ0n) is 14.5. The topological polar surface area (TPSA) is 51.6 Å². The minimum atomic E-state index is 0.219. The van der Waals surface area contributed by atoms with E-state index in [0.29, 0.717) is 5.75 Å². The summed E-state index contributed by atoms with van der Waals surface area (Å²) < 4.78 is 10.6. The van der Waals surface area contributed by atoms with Gasteiger partial charge in [0, 0.05) is 19.2 Å². The fourth-order valence-electron chi connectivity index (χ4n) is 2.69. The molecule has 1 aromatic heterocycles. The van der Waals surface area contributed by atoms with Gasteiger partial charge in [-0.2, -0.15) is 0 Å². The van der Waals surface area contributed by atoms with Gasteiger partial charge in [-0.25, -0.2) is 0 Å². The average Bonchev–Trinajstić information content (AvgIpc) is 2.49. The van der Waals surface area contributed by atoms with Crippen LogP contribution in [0.3, 0.4) is 0 Å². The lowest BCUT2D eigenvalue weighted by Crippen LogP contribution is -2.07. The highest BCUT2D eigenvalue weighted by atomic mass is 16.7. The van der Waals surface area contributed by atoms with Gasteiger partial charge in [0.25, 0.3) is 0 Å². The Balaban J connectivity index is 2.32. The van der Waals surface area contributed by atoms with Crippen molar-refractivity contribution in [2.75, 3.05) is 13.9 Å². The molecule has 1 N–H and O–H groups in total. The molecule has 0 aliphatic rings. The molecule has 0 amide bonds. The van der Waals surface area contributed by atoms with Crippen molar-refractivity contribution in [3.8, 4) is 11.5 Å². The van der Waals surface area contributed by atoms with Crippen LogP contribution in [-0.4, -0.2) is 24.0 Å². The lowest BCUT2D eigenvalue weighted by molar-refractivity contribution is 0.0499. The van der Waals surface area contributed by atoms with Gasteiger partial charge >= 0.3 is 0 Å². The summed E-state index contributed by atoms with van der Waals surface area (Å²) in [5.74, 6) is 1.34. The molecule has 0 aliphatic carbocycles. The quantitative estimate of drug-likeness (QED) is 0.815. The fourth-order valence-corrected chi connectivity index (χ4v) is 2.69. The van der Waals surface area contributed by atoms with Crippen LogP contribution in [0.1, 0.15) is 47.8 Å². The van der Waals surface area contributed by atoms with E-state index in [1.807, 2.05) is 26.0 Å². The number of phenols is 1. The van der Waals surface area contributed by atoms with E-state index in [4.69, 9.17) is 14.5 Å². The summed E-state index contributed by atoms with van der Waals surface area (Å²) in [6.07, 6.45) is 0.738. The molecule has 2 rings (SSSR count). The van der Waals surface area contributed by atoms with Gasteiger partial charge < -0.3 is 14.6 Å². The van der Waals surface area contributed by atoms with Crippen LogP contribution in [0.2, 0.25) is 0 Å². The minimum absolute atomic E-state index is 0.219. The predicted molar refractivity (Wildman–Crippen MR) is 91.2 cm³/mol. The highest BCUT2D eigenvalue weighted by Crippen LogP contribution is 2.27. The van der Waals surface area contributed by atoms with Crippen molar-refractivity contribution in [3.63, 3.8) is 0 Å². The Labute approximate surface area is 138 Å². The smallest absolute Gasteiger partial charge is 0.188 e. The number of ether oxygens (including phenoxy) is 2. The number of methoxy groups -OCH3 is 1. The lowest BCUT2D eigenvalue weighted by atomic mass is 9.97. The molecule has 0 aliphatic heterocycles. The molecule has 1 aromatic carbocycles. The second kappa shape index (κ2) is 7.47. The summed E-state index contributed by atoms with van der Waals surface area (Å²) in [5, 5.41) is 9.68. The molecular formula is C19H25NO3. The number of pyridine rings is 1. The first-order valence-electron chi connectivity index (χ1n) is 7.83. The van der Waals surface area contributed by atoms with Gasteiger partial charge in [0.05, 0.1) is 5.69 Å². The summed E-state index contributed by atoms with van der Waals surface area (Å²) in [5.41, 5.74) is 5.30. The van der Waals surface area contributed by atoms with Gasteiger partial charge in [0.15, 0.2) is 6.79 Å². The maximum atomic E-state index is 9.68. The first kappa shape index (κ1) is 17.3. The Kier molecular flexibility index (Phi) is 5.61. The van der Waals surface area contributed by atoms with E-state index in [9.17, 15) is 5.11 Å². The molecule has 0 atom stereocenters. The minimum Gasteiger partial charge on any atom is -0.508 e. The zero-order chi connectivity index (χ0) is 17.0. The van der Waals surface area contributed by atoms with E-state index in [0.717, 1.165) is 34.7 Å². The second-order valence-corrected chi connectivity index (χ2v) is 6.13. The Bertz CT molecular complexity index is 657. The molecule has 124 valence electrons. The monoisotopic (exact) mass is 315 g/mol. The van der Waals surface area contributed by atoms with E-state index >= 15 is 0 Å². The van der Waals surface area contributed by atoms with Crippen LogP contribution in [0.25, 0.3) is 0 Å². The van der Waals surface area contributed by atoms with E-state index in [1.165, 1.54) is 5.56 Å². The lowest BCUT2D eigenvalue weighted by Gasteiger charge is -2.15. The first-order valence-corrected chi connectivity index (χ1v) is 7.83. The van der Waals surface area contributed by atoms with Crippen molar-refractivity contribution in [2.24, 2.45) is 0 Å². The maximum absolute atomic E-state index is 9.68. The van der Waals surface area contributed by atoms with Crippen LogP contribution in [0, 0.1) is 13.8 Å².